The molecular weight excluding hydrogens is 493 g/mol. The van der Waals surface area contributed by atoms with Crippen molar-refractivity contribution in [3.8, 4) is 0 Å². The Hall–Kier alpha value is -0.380. The van der Waals surface area contributed by atoms with Crippen molar-refractivity contribution in [1.82, 2.24) is 20.4 Å². The van der Waals surface area contributed by atoms with Gasteiger partial charge < -0.3 is 15.5 Å². The third kappa shape index (κ3) is 10.5. The van der Waals surface area contributed by atoms with E-state index in [4.69, 9.17) is 0 Å². The highest BCUT2D eigenvalue weighted by Gasteiger charge is 2.20. The van der Waals surface area contributed by atoms with Crippen molar-refractivity contribution in [3.05, 3.63) is 22.4 Å². The van der Waals surface area contributed by atoms with Crippen molar-refractivity contribution in [1.29, 1.82) is 0 Å². The maximum absolute atomic E-state index is 4.43. The smallest absolute Gasteiger partial charge is 0.191 e. The molecule has 1 fully saturated rings. The van der Waals surface area contributed by atoms with E-state index in [-0.39, 0.29) is 24.0 Å². The van der Waals surface area contributed by atoms with Crippen LogP contribution in [0.4, 0.5) is 0 Å². The normalized spacial score (nSPS) is 17.2. The Bertz CT molecular complexity index is 539. The number of guanidine groups is 1. The third-order valence-corrected chi connectivity index (χ3v) is 6.70. The second kappa shape index (κ2) is 15.4. The second-order valence-corrected chi connectivity index (χ2v) is 9.00. The number of piperidine rings is 1. The summed E-state index contributed by atoms with van der Waals surface area (Å²) in [6.45, 7) is 14.8. The molecule has 0 radical (unpaired) electrons. The van der Waals surface area contributed by atoms with Gasteiger partial charge in [0.2, 0.25) is 0 Å². The van der Waals surface area contributed by atoms with Gasteiger partial charge in [0.15, 0.2) is 5.96 Å². The Morgan fingerprint density at radius 3 is 2.62 bits per heavy atom. The first-order chi connectivity index (χ1) is 13.6. The molecule has 7 heteroatoms. The Morgan fingerprint density at radius 1 is 1.31 bits per heavy atom. The fourth-order valence-electron chi connectivity index (χ4n) is 3.87. The fourth-order valence-corrected chi connectivity index (χ4v) is 4.62. The summed E-state index contributed by atoms with van der Waals surface area (Å²) < 4.78 is 0. The van der Waals surface area contributed by atoms with Crippen LogP contribution < -0.4 is 10.6 Å². The lowest BCUT2D eigenvalue weighted by Gasteiger charge is -2.32. The van der Waals surface area contributed by atoms with Gasteiger partial charge in [0.25, 0.3) is 0 Å². The Kier molecular flexibility index (Phi) is 14.2. The average molecular weight is 536 g/mol. The minimum atomic E-state index is 0. The van der Waals surface area contributed by atoms with Crippen LogP contribution in [0.1, 0.15) is 51.3 Å². The Labute approximate surface area is 199 Å². The lowest BCUT2D eigenvalue weighted by atomic mass is 9.97. The molecule has 29 heavy (non-hydrogen) atoms. The van der Waals surface area contributed by atoms with Crippen LogP contribution >= 0.6 is 35.3 Å². The summed E-state index contributed by atoms with van der Waals surface area (Å²) in [4.78, 5) is 11.0. The molecule has 0 saturated carbocycles. The standard InChI is InChI=1S/C22H41N5S.HI/c1-5-26(6-2)13-7-9-19(3)25-22(23-4)24-17-20-11-14-27(15-12-20)18-21-10-8-16-28-21;/h8,10,16,19-20H,5-7,9,11-15,17-18H2,1-4H3,(H2,23,24,25);1H. The Balaban J connectivity index is 0.00000420. The first-order valence-electron chi connectivity index (χ1n) is 11.1. The molecule has 1 aliphatic heterocycles. The molecule has 1 saturated heterocycles. The van der Waals surface area contributed by atoms with E-state index in [1.165, 1.54) is 50.2 Å². The highest BCUT2D eigenvalue weighted by Crippen LogP contribution is 2.20. The zero-order chi connectivity index (χ0) is 20.2. The summed E-state index contributed by atoms with van der Waals surface area (Å²) >= 11 is 1.87. The number of aliphatic imine (C=N–C) groups is 1. The maximum atomic E-state index is 4.43. The van der Waals surface area contributed by atoms with E-state index in [0.29, 0.717) is 6.04 Å². The monoisotopic (exact) mass is 535 g/mol. The summed E-state index contributed by atoms with van der Waals surface area (Å²) in [7, 11) is 1.88. The number of nitrogens with zero attached hydrogens (tertiary/aromatic N) is 3. The predicted molar refractivity (Wildman–Crippen MR) is 139 cm³/mol. The van der Waals surface area contributed by atoms with Gasteiger partial charge >= 0.3 is 0 Å². The van der Waals surface area contributed by atoms with E-state index in [0.717, 1.165) is 38.1 Å². The van der Waals surface area contributed by atoms with Crippen molar-refractivity contribution in [2.75, 3.05) is 46.3 Å². The van der Waals surface area contributed by atoms with Crippen LogP contribution in [0.2, 0.25) is 0 Å². The topological polar surface area (TPSA) is 42.9 Å². The number of nitrogens with one attached hydrogen (secondary N) is 2. The zero-order valence-corrected chi connectivity index (χ0v) is 22.0. The molecule has 0 bridgehead atoms. The summed E-state index contributed by atoms with van der Waals surface area (Å²) in [5.74, 6) is 1.70. The van der Waals surface area contributed by atoms with E-state index in [9.17, 15) is 0 Å². The number of hydrogen-bond acceptors (Lipinski definition) is 4. The number of rotatable bonds is 11. The van der Waals surface area contributed by atoms with Gasteiger partial charge in [-0.05, 0) is 82.7 Å². The van der Waals surface area contributed by atoms with E-state index >= 15 is 0 Å². The van der Waals surface area contributed by atoms with E-state index in [2.05, 4.69) is 63.7 Å². The molecule has 0 spiro atoms. The van der Waals surface area contributed by atoms with E-state index < -0.39 is 0 Å². The number of halogens is 1. The average Bonchev–Trinajstić information content (AvgIpc) is 3.22. The molecule has 1 atom stereocenters. The summed E-state index contributed by atoms with van der Waals surface area (Å²) in [5, 5.41) is 9.31. The Morgan fingerprint density at radius 2 is 2.03 bits per heavy atom. The van der Waals surface area contributed by atoms with Gasteiger partial charge in [-0.3, -0.25) is 9.89 Å². The van der Waals surface area contributed by atoms with Crippen LogP contribution in [0, 0.1) is 5.92 Å². The van der Waals surface area contributed by atoms with Crippen molar-refractivity contribution in [2.24, 2.45) is 10.9 Å². The van der Waals surface area contributed by atoms with Crippen molar-refractivity contribution in [2.45, 2.75) is 59.0 Å². The second-order valence-electron chi connectivity index (χ2n) is 7.97. The van der Waals surface area contributed by atoms with Crippen LogP contribution in [-0.2, 0) is 6.54 Å². The quantitative estimate of drug-likeness (QED) is 0.253. The lowest BCUT2D eigenvalue weighted by molar-refractivity contribution is 0.179. The van der Waals surface area contributed by atoms with Gasteiger partial charge in [-0.15, -0.1) is 35.3 Å². The first kappa shape index (κ1) is 26.7. The van der Waals surface area contributed by atoms with Gasteiger partial charge in [-0.2, -0.15) is 0 Å². The molecule has 1 aliphatic rings. The SMILES string of the molecule is CCN(CC)CCCC(C)NC(=NC)NCC1CCN(Cc2cccs2)CC1.I. The zero-order valence-electron chi connectivity index (χ0n) is 18.8. The van der Waals surface area contributed by atoms with Gasteiger partial charge in [-0.1, -0.05) is 19.9 Å². The highest BCUT2D eigenvalue weighted by atomic mass is 127. The molecule has 2 heterocycles. The number of hydrogen-bond donors (Lipinski definition) is 2. The molecule has 2 N–H and O–H groups in total. The molecule has 1 aromatic heterocycles. The van der Waals surface area contributed by atoms with Crippen LogP contribution in [0.15, 0.2) is 22.5 Å². The van der Waals surface area contributed by atoms with Gasteiger partial charge in [-0.25, -0.2) is 0 Å². The lowest BCUT2D eigenvalue weighted by Crippen LogP contribution is -2.45. The van der Waals surface area contributed by atoms with E-state index in [1.807, 2.05) is 18.4 Å². The largest absolute Gasteiger partial charge is 0.356 e. The van der Waals surface area contributed by atoms with E-state index in [1.54, 1.807) is 0 Å². The number of likely N-dealkylation sites (tertiary alicyclic amines) is 1. The molecule has 1 aromatic rings. The first-order valence-corrected chi connectivity index (χ1v) is 12.0. The van der Waals surface area contributed by atoms with Crippen LogP contribution in [0.3, 0.4) is 0 Å². The maximum Gasteiger partial charge on any atom is 0.191 e. The number of thiophene rings is 1. The molecule has 0 aliphatic carbocycles. The van der Waals surface area contributed by atoms with Gasteiger partial charge in [0.05, 0.1) is 0 Å². The summed E-state index contributed by atoms with van der Waals surface area (Å²) in [6, 6.07) is 4.85. The summed E-state index contributed by atoms with van der Waals surface area (Å²) in [6.07, 6.45) is 4.96. The fraction of sp³-hybridized carbons (Fsp3) is 0.773. The molecule has 1 unspecified atom stereocenters. The predicted octanol–water partition coefficient (Wildman–Crippen LogP) is 4.25. The third-order valence-electron chi connectivity index (χ3n) is 5.84. The van der Waals surface area contributed by atoms with Crippen molar-refractivity contribution < 1.29 is 0 Å². The summed E-state index contributed by atoms with van der Waals surface area (Å²) in [5.41, 5.74) is 0. The van der Waals surface area contributed by atoms with Crippen molar-refractivity contribution in [3.63, 3.8) is 0 Å². The minimum absolute atomic E-state index is 0. The molecule has 0 amide bonds. The van der Waals surface area contributed by atoms with Crippen LogP contribution in [0.5, 0.6) is 0 Å². The van der Waals surface area contributed by atoms with Gasteiger partial charge in [0.1, 0.15) is 0 Å². The van der Waals surface area contributed by atoms with Gasteiger partial charge in [0, 0.05) is 31.1 Å². The molecule has 2 rings (SSSR count). The molecule has 5 nitrogen and oxygen atoms in total. The molecule has 0 aromatic carbocycles. The minimum Gasteiger partial charge on any atom is -0.356 e. The highest BCUT2D eigenvalue weighted by molar-refractivity contribution is 14.0. The molecule has 168 valence electrons. The van der Waals surface area contributed by atoms with Crippen LogP contribution in [0.25, 0.3) is 0 Å². The van der Waals surface area contributed by atoms with Crippen LogP contribution in [-0.4, -0.2) is 68.1 Å². The molecular formula is C22H42IN5S. The van der Waals surface area contributed by atoms with Crippen molar-refractivity contribution >= 4 is 41.3 Å².